The lowest BCUT2D eigenvalue weighted by Gasteiger charge is -2.14. The number of ether oxygens (including phenoxy) is 2. The van der Waals surface area contributed by atoms with Gasteiger partial charge in [0.1, 0.15) is 10.5 Å². The maximum absolute atomic E-state index is 13.5. The van der Waals surface area contributed by atoms with E-state index in [1.807, 2.05) is 12.1 Å². The molecule has 0 saturated carbocycles. The van der Waals surface area contributed by atoms with Crippen molar-refractivity contribution in [3.05, 3.63) is 67.6 Å². The van der Waals surface area contributed by atoms with Gasteiger partial charge in [0.15, 0.2) is 21.1 Å². The summed E-state index contributed by atoms with van der Waals surface area (Å²) < 4.78 is 15.0. The summed E-state index contributed by atoms with van der Waals surface area (Å²) in [4.78, 5) is 18.2. The third-order valence-electron chi connectivity index (χ3n) is 4.49. The lowest BCUT2D eigenvalue weighted by Crippen LogP contribution is -2.23. The zero-order chi connectivity index (χ0) is 21.4. The van der Waals surface area contributed by atoms with E-state index in [1.54, 1.807) is 53.7 Å². The molecule has 154 valence electrons. The fraction of sp³-hybridized carbons (Fsp3) is 0.150. The van der Waals surface area contributed by atoms with E-state index >= 15 is 0 Å². The summed E-state index contributed by atoms with van der Waals surface area (Å²) >= 11 is 16.4. The zero-order valence-electron chi connectivity index (χ0n) is 15.9. The summed E-state index contributed by atoms with van der Waals surface area (Å²) in [6.45, 7) is 0. The lowest BCUT2D eigenvalue weighted by molar-refractivity contribution is 0.355. The maximum atomic E-state index is 13.5. The van der Waals surface area contributed by atoms with E-state index in [-0.39, 0.29) is 5.56 Å². The van der Waals surface area contributed by atoms with Crippen LogP contribution in [0.2, 0.25) is 5.02 Å². The van der Waals surface area contributed by atoms with Gasteiger partial charge in [0.25, 0.3) is 5.56 Å². The minimum absolute atomic E-state index is 0.210. The second-order valence-electron chi connectivity index (χ2n) is 6.18. The van der Waals surface area contributed by atoms with Crippen molar-refractivity contribution in [3.8, 4) is 22.9 Å². The van der Waals surface area contributed by atoms with Crippen molar-refractivity contribution >= 4 is 61.4 Å². The van der Waals surface area contributed by atoms with Gasteiger partial charge in [0, 0.05) is 11.1 Å². The zero-order valence-corrected chi connectivity index (χ0v) is 19.9. The Bertz CT molecular complexity index is 1380. The fourth-order valence-electron chi connectivity index (χ4n) is 3.16. The highest BCUT2D eigenvalue weighted by Gasteiger charge is 2.19. The second kappa shape index (κ2) is 8.50. The van der Waals surface area contributed by atoms with Gasteiger partial charge in [0.2, 0.25) is 0 Å². The first-order valence-corrected chi connectivity index (χ1v) is 11.4. The number of nitrogens with zero attached hydrogens (tertiary/aromatic N) is 3. The Morgan fingerprint density at radius 3 is 2.50 bits per heavy atom. The minimum atomic E-state index is -0.210. The number of benzene rings is 2. The first kappa shape index (κ1) is 21.0. The van der Waals surface area contributed by atoms with E-state index in [0.717, 1.165) is 5.69 Å². The third-order valence-corrected chi connectivity index (χ3v) is 6.58. The van der Waals surface area contributed by atoms with Crippen LogP contribution in [0.25, 0.3) is 21.7 Å². The number of rotatable bonds is 5. The number of hydrogen-bond donors (Lipinski definition) is 0. The van der Waals surface area contributed by atoms with Crippen molar-refractivity contribution < 1.29 is 9.47 Å². The van der Waals surface area contributed by atoms with E-state index in [1.165, 1.54) is 11.3 Å². The maximum Gasteiger partial charge on any atom is 0.277 e. The van der Waals surface area contributed by atoms with E-state index in [0.29, 0.717) is 47.7 Å². The van der Waals surface area contributed by atoms with Crippen molar-refractivity contribution in [2.75, 3.05) is 14.2 Å². The normalized spacial score (nSPS) is 11.1. The smallest absolute Gasteiger partial charge is 0.277 e. The highest BCUT2D eigenvalue weighted by atomic mass is 79.9. The number of alkyl halides is 1. The van der Waals surface area contributed by atoms with Gasteiger partial charge in [-0.1, -0.05) is 44.9 Å². The van der Waals surface area contributed by atoms with Crippen LogP contribution in [0.3, 0.4) is 0 Å². The average molecular weight is 525 g/mol. The summed E-state index contributed by atoms with van der Waals surface area (Å²) in [5.41, 5.74) is 1.67. The van der Waals surface area contributed by atoms with E-state index in [9.17, 15) is 4.79 Å². The number of methoxy groups -OCH3 is 2. The van der Waals surface area contributed by atoms with E-state index in [2.05, 4.69) is 15.9 Å². The predicted molar refractivity (Wildman–Crippen MR) is 126 cm³/mol. The lowest BCUT2D eigenvalue weighted by atomic mass is 10.2. The van der Waals surface area contributed by atoms with Crippen LogP contribution < -0.4 is 15.0 Å². The highest BCUT2D eigenvalue weighted by molar-refractivity contribution is 9.08. The first-order valence-electron chi connectivity index (χ1n) is 8.70. The van der Waals surface area contributed by atoms with E-state index < -0.39 is 0 Å². The molecule has 0 aliphatic rings. The van der Waals surface area contributed by atoms with Crippen LogP contribution in [0.15, 0.2) is 47.3 Å². The Kier molecular flexibility index (Phi) is 5.97. The number of aromatic nitrogens is 3. The first-order chi connectivity index (χ1) is 14.5. The summed E-state index contributed by atoms with van der Waals surface area (Å²) in [7, 11) is 3.11. The van der Waals surface area contributed by atoms with Crippen LogP contribution in [-0.2, 0) is 5.33 Å². The Morgan fingerprint density at radius 2 is 1.83 bits per heavy atom. The summed E-state index contributed by atoms with van der Waals surface area (Å²) in [6, 6.07) is 12.6. The third kappa shape index (κ3) is 3.56. The molecule has 0 aliphatic carbocycles. The molecule has 0 aliphatic heterocycles. The van der Waals surface area contributed by atoms with Gasteiger partial charge in [-0.25, -0.2) is 4.98 Å². The molecule has 4 rings (SSSR count). The van der Waals surface area contributed by atoms with Gasteiger partial charge in [0.05, 0.1) is 30.9 Å². The molecule has 6 nitrogen and oxygen atoms in total. The molecule has 4 aromatic rings. The molecule has 0 radical (unpaired) electrons. The minimum Gasteiger partial charge on any atom is -0.493 e. The molecular weight excluding hydrogens is 510 g/mol. The highest BCUT2D eigenvalue weighted by Crippen LogP contribution is 2.30. The number of thiazole rings is 1. The standard InChI is InChI=1S/C20H15BrClN3O3S2/c1-27-14-7-6-13(9-15(14)28-2)24-16(10-21)23-18-17(19(24)26)30-20(29)25(18)12-5-3-4-11(22)8-12/h3-9H,10H2,1-2H3. The van der Waals surface area contributed by atoms with Gasteiger partial charge in [-0.3, -0.25) is 13.9 Å². The monoisotopic (exact) mass is 523 g/mol. The molecule has 0 N–H and O–H groups in total. The van der Waals surface area contributed by atoms with Crippen LogP contribution in [0.1, 0.15) is 5.82 Å². The Balaban J connectivity index is 2.02. The number of hydrogen-bond acceptors (Lipinski definition) is 6. The Labute approximate surface area is 194 Å². The SMILES string of the molecule is COc1ccc(-n2c(CBr)nc3c(sc(=S)n3-c3cccc(Cl)c3)c2=O)cc1OC. The topological polar surface area (TPSA) is 58.3 Å². The summed E-state index contributed by atoms with van der Waals surface area (Å²) in [5, 5.41) is 0.943. The van der Waals surface area contributed by atoms with Crippen LogP contribution in [0.4, 0.5) is 0 Å². The molecular formula is C20H15BrClN3O3S2. The van der Waals surface area contributed by atoms with Crippen molar-refractivity contribution in [2.24, 2.45) is 0 Å². The molecule has 2 aromatic carbocycles. The molecule has 2 heterocycles. The average Bonchev–Trinajstić information content (AvgIpc) is 3.09. The Hall–Kier alpha value is -2.20. The predicted octanol–water partition coefficient (Wildman–Crippen LogP) is 5.53. The van der Waals surface area contributed by atoms with Crippen LogP contribution in [0, 0.1) is 3.95 Å². The van der Waals surface area contributed by atoms with Gasteiger partial charge >= 0.3 is 0 Å². The van der Waals surface area contributed by atoms with Crippen molar-refractivity contribution in [1.29, 1.82) is 0 Å². The molecule has 0 fully saturated rings. The van der Waals surface area contributed by atoms with E-state index in [4.69, 9.17) is 38.3 Å². The largest absolute Gasteiger partial charge is 0.493 e. The Morgan fingerprint density at radius 1 is 1.10 bits per heavy atom. The molecule has 10 heteroatoms. The fourth-order valence-corrected chi connectivity index (χ4v) is 5.03. The molecule has 2 aromatic heterocycles. The van der Waals surface area contributed by atoms with Crippen molar-refractivity contribution in [1.82, 2.24) is 14.1 Å². The van der Waals surface area contributed by atoms with Gasteiger partial charge in [-0.05, 0) is 42.5 Å². The van der Waals surface area contributed by atoms with Gasteiger partial charge in [-0.2, -0.15) is 0 Å². The molecule has 0 saturated heterocycles. The number of halogens is 2. The number of fused-ring (bicyclic) bond motifs is 1. The molecule has 0 atom stereocenters. The molecule has 0 spiro atoms. The summed E-state index contributed by atoms with van der Waals surface area (Å²) in [6.07, 6.45) is 0. The second-order valence-corrected chi connectivity index (χ2v) is 8.82. The molecule has 30 heavy (non-hydrogen) atoms. The van der Waals surface area contributed by atoms with Crippen LogP contribution in [-0.4, -0.2) is 28.3 Å². The molecule has 0 amide bonds. The molecule has 0 unspecified atom stereocenters. The van der Waals surface area contributed by atoms with Crippen LogP contribution in [0.5, 0.6) is 11.5 Å². The molecule has 0 bridgehead atoms. The van der Waals surface area contributed by atoms with Crippen molar-refractivity contribution in [3.63, 3.8) is 0 Å². The van der Waals surface area contributed by atoms with Crippen molar-refractivity contribution in [2.45, 2.75) is 5.33 Å². The van der Waals surface area contributed by atoms with Gasteiger partial charge in [-0.15, -0.1) is 0 Å². The quantitative estimate of drug-likeness (QED) is 0.254. The van der Waals surface area contributed by atoms with Gasteiger partial charge < -0.3 is 9.47 Å². The van der Waals surface area contributed by atoms with Crippen LogP contribution >= 0.6 is 51.1 Å². The summed E-state index contributed by atoms with van der Waals surface area (Å²) in [5.74, 6) is 1.63.